The van der Waals surface area contributed by atoms with E-state index in [2.05, 4.69) is 15.5 Å². The molecule has 0 aliphatic heterocycles. The molecule has 24 heavy (non-hydrogen) atoms. The van der Waals surface area contributed by atoms with E-state index in [0.29, 0.717) is 11.4 Å². The molecule has 3 heterocycles. The summed E-state index contributed by atoms with van der Waals surface area (Å²) in [7, 11) is 0. The summed E-state index contributed by atoms with van der Waals surface area (Å²) in [6, 6.07) is 14.9. The minimum atomic E-state index is -0.317. The number of imidazole rings is 1. The number of anilines is 1. The van der Waals surface area contributed by atoms with E-state index in [-0.39, 0.29) is 11.6 Å². The summed E-state index contributed by atoms with van der Waals surface area (Å²) in [5.41, 5.74) is 3.40. The van der Waals surface area contributed by atoms with Crippen molar-refractivity contribution < 1.29 is 9.32 Å². The van der Waals surface area contributed by atoms with Crippen molar-refractivity contribution in [3.05, 3.63) is 72.4 Å². The van der Waals surface area contributed by atoms with E-state index in [0.717, 1.165) is 16.9 Å². The zero-order valence-electron chi connectivity index (χ0n) is 12.9. The summed E-state index contributed by atoms with van der Waals surface area (Å²) in [6.07, 6.45) is 3.87. The Morgan fingerprint density at radius 2 is 2.00 bits per heavy atom. The number of pyridine rings is 1. The number of amides is 1. The van der Waals surface area contributed by atoms with Crippen LogP contribution in [-0.2, 0) is 0 Å². The quantitative estimate of drug-likeness (QED) is 0.627. The van der Waals surface area contributed by atoms with Crippen LogP contribution >= 0.6 is 0 Å². The topological polar surface area (TPSA) is 72.4 Å². The highest BCUT2D eigenvalue weighted by Gasteiger charge is 2.15. The number of carbonyl (C=O) groups is 1. The van der Waals surface area contributed by atoms with Crippen LogP contribution in [0.3, 0.4) is 0 Å². The van der Waals surface area contributed by atoms with Gasteiger partial charge >= 0.3 is 0 Å². The maximum Gasteiger partial charge on any atom is 0.277 e. The lowest BCUT2D eigenvalue weighted by molar-refractivity contribution is 0.101. The smallest absolute Gasteiger partial charge is 0.277 e. The number of fused-ring (bicyclic) bond motifs is 1. The number of carbonyl (C=O) groups excluding carboxylic acids is 1. The van der Waals surface area contributed by atoms with Gasteiger partial charge in [0.1, 0.15) is 11.4 Å². The van der Waals surface area contributed by atoms with Crippen LogP contribution in [0.5, 0.6) is 0 Å². The molecule has 1 N–H and O–H groups in total. The van der Waals surface area contributed by atoms with Crippen LogP contribution in [0, 0.1) is 6.92 Å². The van der Waals surface area contributed by atoms with Crippen molar-refractivity contribution in [1.29, 1.82) is 0 Å². The predicted molar refractivity (Wildman–Crippen MR) is 89.8 cm³/mol. The van der Waals surface area contributed by atoms with Crippen LogP contribution in [0.15, 0.2) is 65.4 Å². The fourth-order valence-electron chi connectivity index (χ4n) is 2.54. The summed E-state index contributed by atoms with van der Waals surface area (Å²) in [5, 5.41) is 6.61. The van der Waals surface area contributed by atoms with Gasteiger partial charge < -0.3 is 14.2 Å². The molecule has 6 nitrogen and oxygen atoms in total. The number of hydrogen-bond donors (Lipinski definition) is 1. The van der Waals surface area contributed by atoms with Gasteiger partial charge in [-0.15, -0.1) is 0 Å². The maximum atomic E-state index is 12.3. The van der Waals surface area contributed by atoms with Crippen molar-refractivity contribution in [2.75, 3.05) is 5.32 Å². The van der Waals surface area contributed by atoms with Crippen molar-refractivity contribution >= 4 is 17.2 Å². The zero-order chi connectivity index (χ0) is 16.5. The fraction of sp³-hybridized carbons (Fsp3) is 0.0556. The monoisotopic (exact) mass is 318 g/mol. The standard InChI is InChI=1S/C18H14N4O2/c1-12-10-15(21-24-12)18(23)20-14-7-3-2-6-13(14)16-11-22-9-5-4-8-17(22)19-16/h2-11H,1H3,(H,20,23). The zero-order valence-corrected chi connectivity index (χ0v) is 12.9. The summed E-state index contributed by atoms with van der Waals surface area (Å²) in [6.45, 7) is 1.74. The molecule has 3 aromatic heterocycles. The van der Waals surface area contributed by atoms with E-state index in [4.69, 9.17) is 4.52 Å². The third kappa shape index (κ3) is 2.54. The van der Waals surface area contributed by atoms with Crippen LogP contribution in [0.1, 0.15) is 16.2 Å². The molecule has 4 rings (SSSR count). The lowest BCUT2D eigenvalue weighted by Gasteiger charge is -2.07. The van der Waals surface area contributed by atoms with Crippen molar-refractivity contribution in [2.24, 2.45) is 0 Å². The molecule has 0 saturated carbocycles. The average molecular weight is 318 g/mol. The van der Waals surface area contributed by atoms with E-state index in [9.17, 15) is 4.79 Å². The maximum absolute atomic E-state index is 12.3. The molecule has 6 heteroatoms. The van der Waals surface area contributed by atoms with Gasteiger partial charge in [-0.2, -0.15) is 0 Å². The molecular weight excluding hydrogens is 304 g/mol. The third-order valence-electron chi connectivity index (χ3n) is 3.68. The fourth-order valence-corrected chi connectivity index (χ4v) is 2.54. The molecule has 0 aliphatic carbocycles. The van der Waals surface area contributed by atoms with Crippen LogP contribution < -0.4 is 5.32 Å². The molecule has 118 valence electrons. The molecule has 0 fully saturated rings. The SMILES string of the molecule is Cc1cc(C(=O)Nc2ccccc2-c2cn3ccccc3n2)no1. The second-order valence-electron chi connectivity index (χ2n) is 5.41. The highest BCUT2D eigenvalue weighted by molar-refractivity contribution is 6.04. The average Bonchev–Trinajstić information content (AvgIpc) is 3.21. The Labute approximate surface area is 137 Å². The first kappa shape index (κ1) is 14.2. The van der Waals surface area contributed by atoms with Gasteiger partial charge in [-0.1, -0.05) is 29.4 Å². The summed E-state index contributed by atoms with van der Waals surface area (Å²) in [4.78, 5) is 16.9. The first-order valence-corrected chi connectivity index (χ1v) is 7.48. The number of para-hydroxylation sites is 1. The van der Waals surface area contributed by atoms with Gasteiger partial charge in [0.25, 0.3) is 5.91 Å². The number of nitrogens with one attached hydrogen (secondary N) is 1. The summed E-state index contributed by atoms with van der Waals surface area (Å²) in [5.74, 6) is 0.275. The Bertz CT molecular complexity index is 999. The number of aryl methyl sites for hydroxylation is 1. The first-order valence-electron chi connectivity index (χ1n) is 7.48. The van der Waals surface area contributed by atoms with Gasteiger partial charge in [0, 0.05) is 24.0 Å². The molecule has 0 unspecified atom stereocenters. The van der Waals surface area contributed by atoms with Crippen molar-refractivity contribution in [2.45, 2.75) is 6.92 Å². The molecular formula is C18H14N4O2. The van der Waals surface area contributed by atoms with Crippen molar-refractivity contribution in [3.63, 3.8) is 0 Å². The van der Waals surface area contributed by atoms with Gasteiger partial charge in [-0.05, 0) is 25.1 Å². The van der Waals surface area contributed by atoms with Gasteiger partial charge in [0.05, 0.1) is 11.4 Å². The minimum absolute atomic E-state index is 0.248. The molecule has 0 atom stereocenters. The molecule has 0 bridgehead atoms. The second kappa shape index (κ2) is 5.66. The first-order chi connectivity index (χ1) is 11.7. The molecule has 0 radical (unpaired) electrons. The Kier molecular flexibility index (Phi) is 3.35. The molecule has 4 aromatic rings. The van der Waals surface area contributed by atoms with E-state index in [1.165, 1.54) is 0 Å². The van der Waals surface area contributed by atoms with E-state index < -0.39 is 0 Å². The predicted octanol–water partition coefficient (Wildman–Crippen LogP) is 3.55. The van der Waals surface area contributed by atoms with Crippen molar-refractivity contribution in [1.82, 2.24) is 14.5 Å². The number of hydrogen-bond acceptors (Lipinski definition) is 4. The number of nitrogens with zero attached hydrogens (tertiary/aromatic N) is 3. The van der Waals surface area contributed by atoms with E-state index >= 15 is 0 Å². The van der Waals surface area contributed by atoms with Crippen LogP contribution in [0.4, 0.5) is 5.69 Å². The lowest BCUT2D eigenvalue weighted by Crippen LogP contribution is -2.12. The van der Waals surface area contributed by atoms with Gasteiger partial charge in [-0.25, -0.2) is 4.98 Å². The van der Waals surface area contributed by atoms with Crippen LogP contribution in [0.25, 0.3) is 16.9 Å². The minimum Gasteiger partial charge on any atom is -0.361 e. The van der Waals surface area contributed by atoms with Gasteiger partial charge in [-0.3, -0.25) is 4.79 Å². The van der Waals surface area contributed by atoms with Gasteiger partial charge in [0.15, 0.2) is 5.69 Å². The molecule has 1 aromatic carbocycles. The third-order valence-corrected chi connectivity index (χ3v) is 3.68. The summed E-state index contributed by atoms with van der Waals surface area (Å²) >= 11 is 0. The highest BCUT2D eigenvalue weighted by Crippen LogP contribution is 2.27. The molecule has 0 spiro atoms. The van der Waals surface area contributed by atoms with Gasteiger partial charge in [0.2, 0.25) is 0 Å². The number of benzene rings is 1. The summed E-state index contributed by atoms with van der Waals surface area (Å²) < 4.78 is 6.89. The van der Waals surface area contributed by atoms with Crippen molar-refractivity contribution in [3.8, 4) is 11.3 Å². The Morgan fingerprint density at radius 1 is 1.17 bits per heavy atom. The lowest BCUT2D eigenvalue weighted by atomic mass is 10.1. The Balaban J connectivity index is 1.71. The van der Waals surface area contributed by atoms with E-state index in [1.54, 1.807) is 13.0 Å². The number of rotatable bonds is 3. The Hall–Kier alpha value is -3.41. The van der Waals surface area contributed by atoms with E-state index in [1.807, 2.05) is 59.3 Å². The normalized spacial score (nSPS) is 10.9. The van der Waals surface area contributed by atoms with Crippen LogP contribution in [0.2, 0.25) is 0 Å². The largest absolute Gasteiger partial charge is 0.361 e. The van der Waals surface area contributed by atoms with Crippen LogP contribution in [-0.4, -0.2) is 20.4 Å². The Morgan fingerprint density at radius 3 is 2.79 bits per heavy atom. The highest BCUT2D eigenvalue weighted by atomic mass is 16.5. The molecule has 0 saturated heterocycles. The number of aromatic nitrogens is 3. The second-order valence-corrected chi connectivity index (χ2v) is 5.41. The molecule has 0 aliphatic rings. The molecule has 1 amide bonds.